The molecule has 1 aromatic carbocycles. The van der Waals surface area contributed by atoms with Crippen molar-refractivity contribution in [3.8, 4) is 0 Å². The van der Waals surface area contributed by atoms with Crippen LogP contribution < -0.4 is 0 Å². The number of rotatable bonds is 4. The number of hydrogen-bond donors (Lipinski definition) is 0. The highest BCUT2D eigenvalue weighted by atomic mass is 16.2. The first-order chi connectivity index (χ1) is 9.22. The standard InChI is InChI=1S/C17H25NO/c1-3-18(13-16-12-8-7-9-14(16)2)17(19)15-10-5-4-6-11-15/h7-9,12,15H,3-6,10-11,13H2,1-2H3. The van der Waals surface area contributed by atoms with Gasteiger partial charge in [-0.15, -0.1) is 0 Å². The van der Waals surface area contributed by atoms with Crippen molar-refractivity contribution in [1.82, 2.24) is 4.90 Å². The van der Waals surface area contributed by atoms with E-state index in [0.717, 1.165) is 25.9 Å². The van der Waals surface area contributed by atoms with Crippen LogP contribution in [0, 0.1) is 12.8 Å². The first-order valence-electron chi connectivity index (χ1n) is 7.55. The summed E-state index contributed by atoms with van der Waals surface area (Å²) in [6.07, 6.45) is 5.91. The van der Waals surface area contributed by atoms with Crippen molar-refractivity contribution in [3.05, 3.63) is 35.4 Å². The van der Waals surface area contributed by atoms with Crippen molar-refractivity contribution < 1.29 is 4.79 Å². The number of nitrogens with zero attached hydrogens (tertiary/aromatic N) is 1. The van der Waals surface area contributed by atoms with E-state index in [1.165, 1.54) is 30.4 Å². The molecule has 0 atom stereocenters. The Bertz CT molecular complexity index is 421. The van der Waals surface area contributed by atoms with Gasteiger partial charge in [-0.2, -0.15) is 0 Å². The highest BCUT2D eigenvalue weighted by molar-refractivity contribution is 5.78. The molecule has 2 nitrogen and oxygen atoms in total. The molecule has 104 valence electrons. The molecule has 0 saturated heterocycles. The SMILES string of the molecule is CCN(Cc1ccccc1C)C(=O)C1CCCCC1. The first kappa shape index (κ1) is 14.1. The van der Waals surface area contributed by atoms with Crippen LogP contribution in [-0.4, -0.2) is 17.4 Å². The minimum absolute atomic E-state index is 0.276. The van der Waals surface area contributed by atoms with Crippen molar-refractivity contribution in [3.63, 3.8) is 0 Å². The molecule has 0 radical (unpaired) electrons. The van der Waals surface area contributed by atoms with Gasteiger partial charge in [0.1, 0.15) is 0 Å². The van der Waals surface area contributed by atoms with Crippen LogP contribution in [0.4, 0.5) is 0 Å². The number of hydrogen-bond acceptors (Lipinski definition) is 1. The van der Waals surface area contributed by atoms with E-state index in [1.54, 1.807) is 0 Å². The smallest absolute Gasteiger partial charge is 0.225 e. The second-order valence-corrected chi connectivity index (χ2v) is 5.61. The van der Waals surface area contributed by atoms with Gasteiger partial charge < -0.3 is 4.90 Å². The quantitative estimate of drug-likeness (QED) is 0.802. The van der Waals surface area contributed by atoms with E-state index in [1.807, 2.05) is 4.90 Å². The molecule has 1 aromatic rings. The van der Waals surface area contributed by atoms with E-state index < -0.39 is 0 Å². The summed E-state index contributed by atoms with van der Waals surface area (Å²) in [6, 6.07) is 8.36. The Kier molecular flexibility index (Phi) is 5.00. The molecule has 0 N–H and O–H groups in total. The molecule has 2 heteroatoms. The van der Waals surface area contributed by atoms with Gasteiger partial charge in [0.15, 0.2) is 0 Å². The summed E-state index contributed by atoms with van der Waals surface area (Å²) >= 11 is 0. The maximum absolute atomic E-state index is 12.6. The molecule has 1 saturated carbocycles. The number of carbonyl (C=O) groups is 1. The van der Waals surface area contributed by atoms with Crippen LogP contribution in [0.2, 0.25) is 0 Å². The average Bonchev–Trinajstić information content (AvgIpc) is 2.47. The Labute approximate surface area is 116 Å². The van der Waals surface area contributed by atoms with E-state index in [2.05, 4.69) is 38.1 Å². The normalized spacial score (nSPS) is 16.3. The Balaban J connectivity index is 2.03. The fourth-order valence-electron chi connectivity index (χ4n) is 2.95. The molecule has 0 aliphatic heterocycles. The topological polar surface area (TPSA) is 20.3 Å². The van der Waals surface area contributed by atoms with Gasteiger partial charge in [0.25, 0.3) is 0 Å². The van der Waals surface area contributed by atoms with Gasteiger partial charge in [0, 0.05) is 19.0 Å². The van der Waals surface area contributed by atoms with E-state index in [4.69, 9.17) is 0 Å². The van der Waals surface area contributed by atoms with Crippen LogP contribution in [0.5, 0.6) is 0 Å². The molecule has 1 aliphatic rings. The van der Waals surface area contributed by atoms with Crippen LogP contribution in [0.3, 0.4) is 0 Å². The molecule has 1 fully saturated rings. The zero-order chi connectivity index (χ0) is 13.7. The number of benzene rings is 1. The summed E-state index contributed by atoms with van der Waals surface area (Å²) in [5.41, 5.74) is 2.55. The van der Waals surface area contributed by atoms with Gasteiger partial charge >= 0.3 is 0 Å². The summed E-state index contributed by atoms with van der Waals surface area (Å²) in [7, 11) is 0. The first-order valence-corrected chi connectivity index (χ1v) is 7.55. The predicted octanol–water partition coefficient (Wildman–Crippen LogP) is 3.92. The predicted molar refractivity (Wildman–Crippen MR) is 78.8 cm³/mol. The minimum Gasteiger partial charge on any atom is -0.338 e. The van der Waals surface area contributed by atoms with Gasteiger partial charge in [-0.1, -0.05) is 43.5 Å². The maximum Gasteiger partial charge on any atom is 0.225 e. The van der Waals surface area contributed by atoms with Gasteiger partial charge in [-0.3, -0.25) is 4.79 Å². The molecule has 1 amide bonds. The Morgan fingerprint density at radius 2 is 1.89 bits per heavy atom. The van der Waals surface area contributed by atoms with Crippen LogP contribution >= 0.6 is 0 Å². The largest absolute Gasteiger partial charge is 0.338 e. The average molecular weight is 259 g/mol. The maximum atomic E-state index is 12.6. The number of amides is 1. The molecular weight excluding hydrogens is 234 g/mol. The molecule has 2 rings (SSSR count). The Morgan fingerprint density at radius 1 is 1.21 bits per heavy atom. The van der Waals surface area contributed by atoms with Crippen molar-refractivity contribution in [2.75, 3.05) is 6.54 Å². The third kappa shape index (κ3) is 3.59. The number of carbonyl (C=O) groups excluding carboxylic acids is 1. The van der Waals surface area contributed by atoms with Crippen molar-refractivity contribution in [1.29, 1.82) is 0 Å². The zero-order valence-electron chi connectivity index (χ0n) is 12.2. The zero-order valence-corrected chi connectivity index (χ0v) is 12.2. The van der Waals surface area contributed by atoms with Crippen molar-refractivity contribution in [2.24, 2.45) is 5.92 Å². The lowest BCUT2D eigenvalue weighted by Crippen LogP contribution is -2.36. The lowest BCUT2D eigenvalue weighted by atomic mass is 9.88. The van der Waals surface area contributed by atoms with Gasteiger partial charge in [-0.05, 0) is 37.8 Å². The molecule has 0 unspecified atom stereocenters. The lowest BCUT2D eigenvalue weighted by Gasteiger charge is -2.29. The summed E-state index contributed by atoms with van der Waals surface area (Å²) < 4.78 is 0. The molecule has 0 bridgehead atoms. The number of aryl methyl sites for hydroxylation is 1. The van der Waals surface area contributed by atoms with E-state index in [9.17, 15) is 4.79 Å². The molecule has 0 heterocycles. The summed E-state index contributed by atoms with van der Waals surface area (Å²) in [6.45, 7) is 5.77. The second kappa shape index (κ2) is 6.74. The van der Waals surface area contributed by atoms with Gasteiger partial charge in [0.05, 0.1) is 0 Å². The summed E-state index contributed by atoms with van der Waals surface area (Å²) in [5, 5.41) is 0. The molecular formula is C17H25NO. The van der Waals surface area contributed by atoms with Gasteiger partial charge in [-0.25, -0.2) is 0 Å². The summed E-state index contributed by atoms with van der Waals surface area (Å²) in [4.78, 5) is 14.6. The molecule has 19 heavy (non-hydrogen) atoms. The van der Waals surface area contributed by atoms with Crippen LogP contribution in [0.1, 0.15) is 50.2 Å². The highest BCUT2D eigenvalue weighted by Gasteiger charge is 2.25. The Hall–Kier alpha value is -1.31. The van der Waals surface area contributed by atoms with E-state index in [-0.39, 0.29) is 5.92 Å². The van der Waals surface area contributed by atoms with Crippen molar-refractivity contribution in [2.45, 2.75) is 52.5 Å². The highest BCUT2D eigenvalue weighted by Crippen LogP contribution is 2.26. The van der Waals surface area contributed by atoms with E-state index >= 15 is 0 Å². The minimum atomic E-state index is 0.276. The van der Waals surface area contributed by atoms with Crippen LogP contribution in [0.15, 0.2) is 24.3 Å². The molecule has 1 aliphatic carbocycles. The summed E-state index contributed by atoms with van der Waals surface area (Å²) in [5.74, 6) is 0.642. The van der Waals surface area contributed by atoms with E-state index in [0.29, 0.717) is 5.91 Å². The third-order valence-corrected chi connectivity index (χ3v) is 4.27. The van der Waals surface area contributed by atoms with Crippen LogP contribution in [0.25, 0.3) is 0 Å². The molecule has 0 aromatic heterocycles. The fraction of sp³-hybridized carbons (Fsp3) is 0.588. The monoisotopic (exact) mass is 259 g/mol. The van der Waals surface area contributed by atoms with Gasteiger partial charge in [0.2, 0.25) is 5.91 Å². The fourth-order valence-corrected chi connectivity index (χ4v) is 2.95. The molecule has 0 spiro atoms. The Morgan fingerprint density at radius 3 is 2.53 bits per heavy atom. The van der Waals surface area contributed by atoms with Crippen molar-refractivity contribution >= 4 is 5.91 Å². The third-order valence-electron chi connectivity index (χ3n) is 4.27. The lowest BCUT2D eigenvalue weighted by molar-refractivity contribution is -0.137. The second-order valence-electron chi connectivity index (χ2n) is 5.61. The van der Waals surface area contributed by atoms with Crippen LogP contribution in [-0.2, 0) is 11.3 Å².